The van der Waals surface area contributed by atoms with Crippen LogP contribution in [0.5, 0.6) is 0 Å². The molecule has 0 aromatic heterocycles. The molecule has 0 aliphatic rings. The van der Waals surface area contributed by atoms with Crippen molar-refractivity contribution < 1.29 is 5.11 Å². The summed E-state index contributed by atoms with van der Waals surface area (Å²) >= 11 is 0. The van der Waals surface area contributed by atoms with E-state index in [0.717, 1.165) is 13.1 Å². The second-order valence-corrected chi connectivity index (χ2v) is 3.64. The van der Waals surface area contributed by atoms with E-state index in [0.29, 0.717) is 19.0 Å². The number of nitrogens with two attached hydrogens (primary N) is 1. The first-order valence-electron chi connectivity index (χ1n) is 4.70. The molecule has 0 aromatic rings. The number of hydrogen-bond acceptors (Lipinski definition) is 3. The largest absolute Gasteiger partial charge is 0.390 e. The van der Waals surface area contributed by atoms with Gasteiger partial charge in [-0.05, 0) is 12.5 Å². The van der Waals surface area contributed by atoms with E-state index in [1.165, 1.54) is 0 Å². The molecule has 3 nitrogen and oxygen atoms in total. The Morgan fingerprint density at radius 2 is 1.92 bits per heavy atom. The maximum atomic E-state index is 9.31. The molecule has 0 aromatic carbocycles. The summed E-state index contributed by atoms with van der Waals surface area (Å²) in [5, 5.41) is 9.31. The average molecular weight is 174 g/mol. The Balaban J connectivity index is 3.66. The van der Waals surface area contributed by atoms with Crippen LogP contribution in [-0.4, -0.2) is 42.3 Å². The first-order valence-corrected chi connectivity index (χ1v) is 4.70. The summed E-state index contributed by atoms with van der Waals surface area (Å²) in [4.78, 5) is 2.22. The lowest BCUT2D eigenvalue weighted by molar-refractivity contribution is 0.115. The number of hydrogen-bond donors (Lipinski definition) is 2. The van der Waals surface area contributed by atoms with Gasteiger partial charge in [-0.15, -0.1) is 0 Å². The van der Waals surface area contributed by atoms with Crippen LogP contribution in [0.25, 0.3) is 0 Å². The second-order valence-electron chi connectivity index (χ2n) is 3.64. The van der Waals surface area contributed by atoms with Crippen molar-refractivity contribution in [1.82, 2.24) is 4.90 Å². The van der Waals surface area contributed by atoms with Gasteiger partial charge in [0, 0.05) is 19.6 Å². The van der Waals surface area contributed by atoms with Gasteiger partial charge in [0.25, 0.3) is 0 Å². The van der Waals surface area contributed by atoms with Crippen LogP contribution in [0.2, 0.25) is 0 Å². The smallest absolute Gasteiger partial charge is 0.0789 e. The maximum Gasteiger partial charge on any atom is 0.0789 e. The summed E-state index contributed by atoms with van der Waals surface area (Å²) in [5.74, 6) is 0.648. The van der Waals surface area contributed by atoms with Crippen LogP contribution in [0.3, 0.4) is 0 Å². The highest BCUT2D eigenvalue weighted by Gasteiger charge is 2.09. The van der Waals surface area contributed by atoms with Gasteiger partial charge >= 0.3 is 0 Å². The number of nitrogens with zero attached hydrogens (tertiary/aromatic N) is 1. The molecule has 0 saturated heterocycles. The first-order chi connectivity index (χ1) is 5.60. The van der Waals surface area contributed by atoms with Gasteiger partial charge in [0.15, 0.2) is 0 Å². The topological polar surface area (TPSA) is 49.5 Å². The van der Waals surface area contributed by atoms with E-state index in [4.69, 9.17) is 5.73 Å². The van der Waals surface area contributed by atoms with Gasteiger partial charge in [-0.1, -0.05) is 20.8 Å². The molecule has 3 heteroatoms. The van der Waals surface area contributed by atoms with Crippen molar-refractivity contribution in [3.63, 3.8) is 0 Å². The van der Waals surface area contributed by atoms with Crippen LogP contribution in [0.1, 0.15) is 20.8 Å². The van der Waals surface area contributed by atoms with E-state index in [9.17, 15) is 5.11 Å². The number of likely N-dealkylation sites (N-methyl/N-ethyl adjacent to an activating group) is 1. The Morgan fingerprint density at radius 1 is 1.33 bits per heavy atom. The molecule has 0 rings (SSSR count). The Kier molecular flexibility index (Phi) is 6.34. The van der Waals surface area contributed by atoms with Crippen LogP contribution in [-0.2, 0) is 0 Å². The Bertz CT molecular complexity index is 107. The number of aliphatic hydroxyl groups excluding tert-OH is 1. The SMILES string of the molecule is CCN(CC(C)C)CC(O)CN. The lowest BCUT2D eigenvalue weighted by Crippen LogP contribution is -2.38. The van der Waals surface area contributed by atoms with Gasteiger partial charge in [0.1, 0.15) is 0 Å². The molecule has 0 aliphatic carbocycles. The zero-order valence-corrected chi connectivity index (χ0v) is 8.45. The van der Waals surface area contributed by atoms with Crippen molar-refractivity contribution in [2.24, 2.45) is 11.7 Å². The Morgan fingerprint density at radius 3 is 2.25 bits per heavy atom. The molecule has 3 N–H and O–H groups in total. The van der Waals surface area contributed by atoms with Crippen LogP contribution < -0.4 is 5.73 Å². The monoisotopic (exact) mass is 174 g/mol. The third-order valence-electron chi connectivity index (χ3n) is 1.81. The molecule has 0 fully saturated rings. The van der Waals surface area contributed by atoms with Crippen LogP contribution in [0.4, 0.5) is 0 Å². The molecular formula is C9H22N2O. The predicted octanol–water partition coefficient (Wildman–Crippen LogP) is 0.284. The highest BCUT2D eigenvalue weighted by Crippen LogP contribution is 1.99. The summed E-state index contributed by atoms with van der Waals surface area (Å²) in [6.45, 7) is 9.53. The lowest BCUT2D eigenvalue weighted by Gasteiger charge is -2.24. The van der Waals surface area contributed by atoms with Gasteiger partial charge in [0.05, 0.1) is 6.10 Å². The average Bonchev–Trinajstić information content (AvgIpc) is 2.02. The van der Waals surface area contributed by atoms with Crippen molar-refractivity contribution in [2.75, 3.05) is 26.2 Å². The normalized spacial score (nSPS) is 14.2. The fraction of sp³-hybridized carbons (Fsp3) is 1.00. The molecule has 0 aliphatic heterocycles. The van der Waals surface area contributed by atoms with E-state index in [1.54, 1.807) is 0 Å². The highest BCUT2D eigenvalue weighted by molar-refractivity contribution is 4.64. The molecule has 0 bridgehead atoms. The summed E-state index contributed by atoms with van der Waals surface area (Å²) in [5.41, 5.74) is 5.33. The molecule has 0 saturated carbocycles. The van der Waals surface area contributed by atoms with E-state index in [-0.39, 0.29) is 6.10 Å². The Hall–Kier alpha value is -0.120. The van der Waals surface area contributed by atoms with Crippen LogP contribution in [0.15, 0.2) is 0 Å². The van der Waals surface area contributed by atoms with Gasteiger partial charge in [-0.25, -0.2) is 0 Å². The fourth-order valence-corrected chi connectivity index (χ4v) is 1.22. The third kappa shape index (κ3) is 5.52. The second kappa shape index (κ2) is 6.40. The minimum absolute atomic E-state index is 0.356. The van der Waals surface area contributed by atoms with Crippen LogP contribution in [0, 0.1) is 5.92 Å². The van der Waals surface area contributed by atoms with Crippen LogP contribution >= 0.6 is 0 Å². The summed E-state index contributed by atoms with van der Waals surface area (Å²) in [6.07, 6.45) is -0.372. The first kappa shape index (κ1) is 11.9. The van der Waals surface area contributed by atoms with Gasteiger partial charge in [-0.3, -0.25) is 0 Å². The molecule has 1 unspecified atom stereocenters. The zero-order chi connectivity index (χ0) is 9.56. The number of rotatable bonds is 6. The molecule has 12 heavy (non-hydrogen) atoms. The van der Waals surface area contributed by atoms with E-state index in [2.05, 4.69) is 25.7 Å². The van der Waals surface area contributed by atoms with Crippen molar-refractivity contribution in [2.45, 2.75) is 26.9 Å². The quantitative estimate of drug-likeness (QED) is 0.608. The number of aliphatic hydroxyl groups is 1. The van der Waals surface area contributed by atoms with Crippen molar-refractivity contribution in [3.8, 4) is 0 Å². The molecule has 74 valence electrons. The molecule has 1 atom stereocenters. The van der Waals surface area contributed by atoms with E-state index >= 15 is 0 Å². The summed E-state index contributed by atoms with van der Waals surface area (Å²) in [6, 6.07) is 0. The van der Waals surface area contributed by atoms with Gasteiger partial charge in [0.2, 0.25) is 0 Å². The minimum Gasteiger partial charge on any atom is -0.390 e. The third-order valence-corrected chi connectivity index (χ3v) is 1.81. The molecule has 0 radical (unpaired) electrons. The Labute approximate surface area is 75.6 Å². The summed E-state index contributed by atoms with van der Waals surface area (Å²) in [7, 11) is 0. The van der Waals surface area contributed by atoms with Crippen molar-refractivity contribution in [1.29, 1.82) is 0 Å². The molecule has 0 amide bonds. The van der Waals surface area contributed by atoms with Gasteiger partial charge in [-0.2, -0.15) is 0 Å². The van der Waals surface area contributed by atoms with E-state index < -0.39 is 0 Å². The lowest BCUT2D eigenvalue weighted by atomic mass is 10.2. The van der Waals surface area contributed by atoms with Gasteiger partial charge < -0.3 is 15.7 Å². The maximum absolute atomic E-state index is 9.31. The highest BCUT2D eigenvalue weighted by atomic mass is 16.3. The molecule has 0 spiro atoms. The molecular weight excluding hydrogens is 152 g/mol. The van der Waals surface area contributed by atoms with E-state index in [1.807, 2.05) is 0 Å². The molecule has 0 heterocycles. The zero-order valence-electron chi connectivity index (χ0n) is 8.45. The van der Waals surface area contributed by atoms with Crippen molar-refractivity contribution >= 4 is 0 Å². The minimum atomic E-state index is -0.372. The fourth-order valence-electron chi connectivity index (χ4n) is 1.22. The predicted molar refractivity (Wildman–Crippen MR) is 52.0 cm³/mol. The van der Waals surface area contributed by atoms with Crippen molar-refractivity contribution in [3.05, 3.63) is 0 Å². The standard InChI is InChI=1S/C9H22N2O/c1-4-11(6-8(2)3)7-9(12)5-10/h8-9,12H,4-7,10H2,1-3H3. The summed E-state index contributed by atoms with van der Waals surface area (Å²) < 4.78 is 0.